The molecule has 0 spiro atoms. The molecule has 9 nitrogen and oxygen atoms in total. The average molecular weight is 397 g/mol. The van der Waals surface area contributed by atoms with Gasteiger partial charge in [0.25, 0.3) is 5.91 Å². The third kappa shape index (κ3) is 4.40. The third-order valence-electron chi connectivity index (χ3n) is 5.55. The monoisotopic (exact) mass is 397 g/mol. The Morgan fingerprint density at radius 3 is 2.03 bits per heavy atom. The second-order valence-corrected chi connectivity index (χ2v) is 7.41. The Hall–Kier alpha value is -2.94. The first-order valence-corrected chi connectivity index (χ1v) is 9.95. The first-order chi connectivity index (χ1) is 14.1. The standard InChI is InChI=1S/C20H27N7O2/c1-24-7-9-25(10-8-24)17-3-4-18(23-22-17)26-11-13-27(14-12-26)20(28)16-5-6-21-19(15-16)29-2/h3-6,15H,7-14H2,1-2H3. The van der Waals surface area contributed by atoms with Crippen LogP contribution in [0.5, 0.6) is 5.88 Å². The van der Waals surface area contributed by atoms with E-state index in [1.54, 1.807) is 25.4 Å². The lowest BCUT2D eigenvalue weighted by atomic mass is 10.2. The van der Waals surface area contributed by atoms with Crippen LogP contribution >= 0.6 is 0 Å². The summed E-state index contributed by atoms with van der Waals surface area (Å²) in [5, 5.41) is 8.88. The van der Waals surface area contributed by atoms with Crippen molar-refractivity contribution in [3.05, 3.63) is 36.0 Å². The van der Waals surface area contributed by atoms with Gasteiger partial charge in [0.15, 0.2) is 11.6 Å². The molecule has 2 aromatic heterocycles. The van der Waals surface area contributed by atoms with Gasteiger partial charge >= 0.3 is 0 Å². The lowest BCUT2D eigenvalue weighted by Gasteiger charge is -2.36. The number of methoxy groups -OCH3 is 1. The molecule has 0 aliphatic carbocycles. The summed E-state index contributed by atoms with van der Waals surface area (Å²) in [4.78, 5) is 25.4. The molecular weight excluding hydrogens is 370 g/mol. The predicted octanol–water partition coefficient (Wildman–Crippen LogP) is 0.594. The van der Waals surface area contributed by atoms with Crippen LogP contribution in [0.3, 0.4) is 0 Å². The fourth-order valence-electron chi connectivity index (χ4n) is 3.67. The van der Waals surface area contributed by atoms with E-state index in [9.17, 15) is 4.79 Å². The highest BCUT2D eigenvalue weighted by atomic mass is 16.5. The Bertz CT molecular complexity index is 829. The molecule has 0 radical (unpaired) electrons. The number of piperazine rings is 2. The lowest BCUT2D eigenvalue weighted by Crippen LogP contribution is -2.49. The Morgan fingerprint density at radius 1 is 0.897 bits per heavy atom. The summed E-state index contributed by atoms with van der Waals surface area (Å²) < 4.78 is 5.11. The number of ether oxygens (including phenoxy) is 1. The van der Waals surface area contributed by atoms with E-state index in [4.69, 9.17) is 4.74 Å². The van der Waals surface area contributed by atoms with Crippen LogP contribution in [-0.4, -0.2) is 97.4 Å². The van der Waals surface area contributed by atoms with Crippen molar-refractivity contribution in [3.8, 4) is 5.88 Å². The number of nitrogens with zero attached hydrogens (tertiary/aromatic N) is 7. The molecule has 2 aliphatic heterocycles. The Kier molecular flexibility index (Phi) is 5.75. The van der Waals surface area contributed by atoms with Crippen molar-refractivity contribution in [2.24, 2.45) is 0 Å². The molecule has 0 unspecified atom stereocenters. The van der Waals surface area contributed by atoms with Gasteiger partial charge in [0.05, 0.1) is 7.11 Å². The van der Waals surface area contributed by atoms with Crippen molar-refractivity contribution in [1.29, 1.82) is 0 Å². The average Bonchev–Trinajstić information content (AvgIpc) is 2.79. The fraction of sp³-hybridized carbons (Fsp3) is 0.500. The number of likely N-dealkylation sites (N-methyl/N-ethyl adjacent to an activating group) is 1. The number of anilines is 2. The number of amides is 1. The minimum atomic E-state index is 0.00171. The molecule has 154 valence electrons. The maximum absolute atomic E-state index is 12.7. The van der Waals surface area contributed by atoms with Crippen LogP contribution in [0.1, 0.15) is 10.4 Å². The summed E-state index contributed by atoms with van der Waals surface area (Å²) in [6, 6.07) is 7.48. The van der Waals surface area contributed by atoms with Crippen molar-refractivity contribution >= 4 is 17.5 Å². The van der Waals surface area contributed by atoms with E-state index in [1.807, 2.05) is 11.0 Å². The van der Waals surface area contributed by atoms with Crippen molar-refractivity contribution in [2.75, 3.05) is 76.3 Å². The smallest absolute Gasteiger partial charge is 0.254 e. The van der Waals surface area contributed by atoms with Gasteiger partial charge < -0.3 is 24.3 Å². The summed E-state index contributed by atoms with van der Waals surface area (Å²) in [7, 11) is 3.69. The molecule has 9 heteroatoms. The molecule has 2 fully saturated rings. The SMILES string of the molecule is COc1cc(C(=O)N2CCN(c3ccc(N4CCN(C)CC4)nn3)CC2)ccn1. The second kappa shape index (κ2) is 8.60. The van der Waals surface area contributed by atoms with Crippen LogP contribution in [-0.2, 0) is 0 Å². The van der Waals surface area contributed by atoms with E-state index in [-0.39, 0.29) is 5.91 Å². The van der Waals surface area contributed by atoms with Crippen LogP contribution in [0.15, 0.2) is 30.5 Å². The molecular formula is C20H27N7O2. The number of rotatable bonds is 4. The van der Waals surface area contributed by atoms with Gasteiger partial charge in [-0.2, -0.15) is 0 Å². The molecule has 2 aliphatic rings. The molecule has 4 heterocycles. The van der Waals surface area contributed by atoms with Gasteiger partial charge in [-0.05, 0) is 25.2 Å². The summed E-state index contributed by atoms with van der Waals surface area (Å²) in [5.74, 6) is 2.25. The largest absolute Gasteiger partial charge is 0.481 e. The number of carbonyl (C=O) groups excluding carboxylic acids is 1. The maximum Gasteiger partial charge on any atom is 0.254 e. The molecule has 0 N–H and O–H groups in total. The molecule has 0 bridgehead atoms. The topological polar surface area (TPSA) is 77.9 Å². The molecule has 4 rings (SSSR count). The normalized spacial score (nSPS) is 18.1. The van der Waals surface area contributed by atoms with Gasteiger partial charge in [-0.25, -0.2) is 4.98 Å². The van der Waals surface area contributed by atoms with Gasteiger partial charge in [-0.1, -0.05) is 0 Å². The Balaban J connectivity index is 1.34. The highest BCUT2D eigenvalue weighted by Crippen LogP contribution is 2.19. The second-order valence-electron chi connectivity index (χ2n) is 7.41. The van der Waals surface area contributed by atoms with Gasteiger partial charge in [-0.15, -0.1) is 10.2 Å². The Morgan fingerprint density at radius 2 is 1.48 bits per heavy atom. The van der Waals surface area contributed by atoms with Crippen LogP contribution in [0.25, 0.3) is 0 Å². The van der Waals surface area contributed by atoms with Gasteiger partial charge in [-0.3, -0.25) is 4.79 Å². The molecule has 0 atom stereocenters. The van der Waals surface area contributed by atoms with E-state index in [0.717, 1.165) is 50.9 Å². The third-order valence-corrected chi connectivity index (χ3v) is 5.55. The molecule has 0 saturated carbocycles. The number of pyridine rings is 1. The van der Waals surface area contributed by atoms with Crippen molar-refractivity contribution in [3.63, 3.8) is 0 Å². The van der Waals surface area contributed by atoms with Gasteiger partial charge in [0.1, 0.15) is 0 Å². The maximum atomic E-state index is 12.7. The lowest BCUT2D eigenvalue weighted by molar-refractivity contribution is 0.0746. The van der Waals surface area contributed by atoms with E-state index < -0.39 is 0 Å². The van der Waals surface area contributed by atoms with Crippen molar-refractivity contribution < 1.29 is 9.53 Å². The number of aromatic nitrogens is 3. The van der Waals surface area contributed by atoms with Crippen molar-refractivity contribution in [1.82, 2.24) is 25.0 Å². The van der Waals surface area contributed by atoms with Crippen LogP contribution in [0.2, 0.25) is 0 Å². The van der Waals surface area contributed by atoms with E-state index >= 15 is 0 Å². The zero-order valence-electron chi connectivity index (χ0n) is 17.0. The summed E-state index contributed by atoms with van der Waals surface area (Å²) in [6.45, 7) is 6.80. The van der Waals surface area contributed by atoms with Crippen LogP contribution < -0.4 is 14.5 Å². The zero-order chi connectivity index (χ0) is 20.2. The summed E-state index contributed by atoms with van der Waals surface area (Å²) in [5.41, 5.74) is 0.599. The van der Waals surface area contributed by atoms with E-state index in [0.29, 0.717) is 24.5 Å². The fourth-order valence-corrected chi connectivity index (χ4v) is 3.67. The minimum Gasteiger partial charge on any atom is -0.481 e. The quantitative estimate of drug-likeness (QED) is 0.742. The first kappa shape index (κ1) is 19.4. The minimum absolute atomic E-state index is 0.00171. The highest BCUT2D eigenvalue weighted by Gasteiger charge is 2.24. The Labute approximate surface area is 170 Å². The number of hydrogen-bond acceptors (Lipinski definition) is 8. The molecule has 2 aromatic rings. The molecule has 29 heavy (non-hydrogen) atoms. The van der Waals surface area contributed by atoms with Crippen LogP contribution in [0, 0.1) is 0 Å². The van der Waals surface area contributed by atoms with E-state index in [1.165, 1.54) is 0 Å². The highest BCUT2D eigenvalue weighted by molar-refractivity contribution is 5.94. The van der Waals surface area contributed by atoms with Crippen LogP contribution in [0.4, 0.5) is 11.6 Å². The number of hydrogen-bond donors (Lipinski definition) is 0. The van der Waals surface area contributed by atoms with Gasteiger partial charge in [0.2, 0.25) is 5.88 Å². The summed E-state index contributed by atoms with van der Waals surface area (Å²) in [6.07, 6.45) is 1.60. The predicted molar refractivity (Wildman–Crippen MR) is 111 cm³/mol. The molecule has 1 amide bonds. The first-order valence-electron chi connectivity index (χ1n) is 9.95. The molecule has 2 saturated heterocycles. The molecule has 0 aromatic carbocycles. The van der Waals surface area contributed by atoms with Gasteiger partial charge in [0, 0.05) is 70.2 Å². The zero-order valence-corrected chi connectivity index (χ0v) is 17.0. The van der Waals surface area contributed by atoms with Crippen molar-refractivity contribution in [2.45, 2.75) is 0 Å². The summed E-state index contributed by atoms with van der Waals surface area (Å²) >= 11 is 0. The van der Waals surface area contributed by atoms with E-state index in [2.05, 4.69) is 43.0 Å². The number of carbonyl (C=O) groups is 1.